The Morgan fingerprint density at radius 1 is 1.12 bits per heavy atom. The molecule has 6 nitrogen and oxygen atoms in total. The fraction of sp³-hybridized carbons (Fsp3) is 0.269. The van der Waals surface area contributed by atoms with Gasteiger partial charge in [0.05, 0.1) is 29.9 Å². The lowest BCUT2D eigenvalue weighted by atomic mass is 10.1. The number of benzene rings is 2. The molecule has 1 saturated heterocycles. The van der Waals surface area contributed by atoms with E-state index < -0.39 is 0 Å². The van der Waals surface area contributed by atoms with Crippen LogP contribution in [-0.4, -0.2) is 45.5 Å². The Morgan fingerprint density at radius 2 is 1.97 bits per heavy atom. The SMILES string of the molecule is O=C(CCc1nc2ccccc2[nH]1)N1CCOC(c2ccc(Cc3ccccc3F)cn2)C1. The van der Waals surface area contributed by atoms with Gasteiger partial charge < -0.3 is 14.6 Å². The van der Waals surface area contributed by atoms with Gasteiger partial charge in [-0.25, -0.2) is 9.37 Å². The number of para-hydroxylation sites is 2. The second kappa shape index (κ2) is 9.50. The highest BCUT2D eigenvalue weighted by Gasteiger charge is 2.26. The number of ether oxygens (including phenoxy) is 1. The summed E-state index contributed by atoms with van der Waals surface area (Å²) >= 11 is 0. The van der Waals surface area contributed by atoms with Gasteiger partial charge in [0.1, 0.15) is 17.7 Å². The standard InChI is InChI=1S/C26H25FN4O2/c27-20-6-2-1-5-19(20)15-18-9-10-23(28-16-18)24-17-31(13-14-33-24)26(32)12-11-25-29-21-7-3-4-8-22(21)30-25/h1-10,16,24H,11-15,17H2,(H,29,30). The number of H-pyrrole nitrogens is 1. The summed E-state index contributed by atoms with van der Waals surface area (Å²) in [5.74, 6) is 0.690. The number of rotatable bonds is 6. The number of aryl methyl sites for hydroxylation is 1. The van der Waals surface area contributed by atoms with Crippen LogP contribution < -0.4 is 0 Å². The first-order valence-electron chi connectivity index (χ1n) is 11.2. The van der Waals surface area contributed by atoms with Gasteiger partial charge in [0.25, 0.3) is 0 Å². The van der Waals surface area contributed by atoms with Crippen molar-refractivity contribution in [3.05, 3.63) is 95.3 Å². The van der Waals surface area contributed by atoms with Gasteiger partial charge in [-0.05, 0) is 35.4 Å². The predicted molar refractivity (Wildman–Crippen MR) is 123 cm³/mol. The predicted octanol–water partition coefficient (Wildman–Crippen LogP) is 4.22. The first-order chi connectivity index (χ1) is 16.2. The number of fused-ring (bicyclic) bond motifs is 1. The minimum atomic E-state index is -0.267. The number of pyridine rings is 1. The second-order valence-corrected chi connectivity index (χ2v) is 8.26. The molecule has 1 fully saturated rings. The maximum absolute atomic E-state index is 13.9. The zero-order valence-electron chi connectivity index (χ0n) is 18.2. The Bertz CT molecular complexity index is 1220. The van der Waals surface area contributed by atoms with E-state index in [1.807, 2.05) is 47.4 Å². The van der Waals surface area contributed by atoms with Crippen LogP contribution in [0.4, 0.5) is 4.39 Å². The highest BCUT2D eigenvalue weighted by molar-refractivity contribution is 5.77. The van der Waals surface area contributed by atoms with Crippen molar-refractivity contribution in [2.75, 3.05) is 19.7 Å². The van der Waals surface area contributed by atoms with Crippen LogP contribution in [0.3, 0.4) is 0 Å². The maximum Gasteiger partial charge on any atom is 0.223 e. The minimum Gasteiger partial charge on any atom is -0.368 e. The Kier molecular flexibility index (Phi) is 6.13. The number of amides is 1. The number of nitrogens with zero attached hydrogens (tertiary/aromatic N) is 3. The van der Waals surface area contributed by atoms with E-state index in [1.165, 1.54) is 6.07 Å². The van der Waals surface area contributed by atoms with Crippen molar-refractivity contribution >= 4 is 16.9 Å². The number of morpholine rings is 1. The second-order valence-electron chi connectivity index (χ2n) is 8.26. The normalized spacial score (nSPS) is 16.3. The van der Waals surface area contributed by atoms with Crippen LogP contribution in [0, 0.1) is 5.82 Å². The molecule has 0 spiro atoms. The molecular formula is C26H25FN4O2. The number of imidazole rings is 1. The van der Waals surface area contributed by atoms with E-state index in [0.29, 0.717) is 44.5 Å². The van der Waals surface area contributed by atoms with Gasteiger partial charge in [0.2, 0.25) is 5.91 Å². The molecule has 1 aliphatic rings. The number of nitrogens with one attached hydrogen (secondary N) is 1. The third-order valence-electron chi connectivity index (χ3n) is 5.96. The summed E-state index contributed by atoms with van der Waals surface area (Å²) in [7, 11) is 0. The smallest absolute Gasteiger partial charge is 0.223 e. The van der Waals surface area contributed by atoms with Gasteiger partial charge in [-0.15, -0.1) is 0 Å². The number of aromatic nitrogens is 3. The average molecular weight is 445 g/mol. The van der Waals surface area contributed by atoms with Crippen LogP contribution in [0.15, 0.2) is 66.9 Å². The van der Waals surface area contributed by atoms with Crippen LogP contribution in [-0.2, 0) is 22.4 Å². The fourth-order valence-corrected chi connectivity index (χ4v) is 4.15. The van der Waals surface area contributed by atoms with Gasteiger partial charge in [0, 0.05) is 32.0 Å². The molecule has 1 N–H and O–H groups in total. The third kappa shape index (κ3) is 4.93. The molecule has 4 aromatic rings. The van der Waals surface area contributed by atoms with E-state index >= 15 is 0 Å². The quantitative estimate of drug-likeness (QED) is 0.483. The van der Waals surface area contributed by atoms with E-state index in [2.05, 4.69) is 15.0 Å². The number of hydrogen-bond donors (Lipinski definition) is 1. The Balaban J connectivity index is 1.18. The molecule has 33 heavy (non-hydrogen) atoms. The van der Waals surface area contributed by atoms with Crippen molar-refractivity contribution in [3.8, 4) is 0 Å². The highest BCUT2D eigenvalue weighted by atomic mass is 19.1. The minimum absolute atomic E-state index is 0.0833. The molecule has 0 aliphatic carbocycles. The highest BCUT2D eigenvalue weighted by Crippen LogP contribution is 2.22. The molecule has 2 aromatic carbocycles. The zero-order chi connectivity index (χ0) is 22.6. The van der Waals surface area contributed by atoms with Crippen molar-refractivity contribution in [3.63, 3.8) is 0 Å². The molecule has 1 atom stereocenters. The molecular weight excluding hydrogens is 419 g/mol. The Morgan fingerprint density at radius 3 is 2.79 bits per heavy atom. The van der Waals surface area contributed by atoms with E-state index in [0.717, 1.165) is 28.1 Å². The monoisotopic (exact) mass is 444 g/mol. The van der Waals surface area contributed by atoms with Crippen LogP contribution in [0.1, 0.15) is 35.2 Å². The van der Waals surface area contributed by atoms with Crippen LogP contribution in [0.2, 0.25) is 0 Å². The van der Waals surface area contributed by atoms with Crippen molar-refractivity contribution < 1.29 is 13.9 Å². The van der Waals surface area contributed by atoms with Gasteiger partial charge in [-0.1, -0.05) is 36.4 Å². The van der Waals surface area contributed by atoms with E-state index in [1.54, 1.807) is 18.3 Å². The van der Waals surface area contributed by atoms with E-state index in [9.17, 15) is 9.18 Å². The summed E-state index contributed by atoms with van der Waals surface area (Å²) in [4.78, 5) is 27.0. The first-order valence-corrected chi connectivity index (χ1v) is 11.2. The molecule has 5 rings (SSSR count). The Labute approximate surface area is 191 Å². The summed E-state index contributed by atoms with van der Waals surface area (Å²) in [6.07, 6.45) is 2.93. The molecule has 168 valence electrons. The van der Waals surface area contributed by atoms with Crippen molar-refractivity contribution in [1.29, 1.82) is 0 Å². The van der Waals surface area contributed by atoms with Crippen molar-refractivity contribution in [2.24, 2.45) is 0 Å². The molecule has 0 saturated carbocycles. The van der Waals surface area contributed by atoms with Crippen LogP contribution in [0.5, 0.6) is 0 Å². The molecule has 1 unspecified atom stereocenters. The number of aromatic amines is 1. The number of carbonyl (C=O) groups is 1. The molecule has 0 bridgehead atoms. The topological polar surface area (TPSA) is 71.1 Å². The van der Waals surface area contributed by atoms with Gasteiger partial charge >= 0.3 is 0 Å². The molecule has 2 aromatic heterocycles. The lowest BCUT2D eigenvalue weighted by Gasteiger charge is -2.32. The number of hydrogen-bond acceptors (Lipinski definition) is 4. The zero-order valence-corrected chi connectivity index (χ0v) is 18.2. The molecule has 7 heteroatoms. The van der Waals surface area contributed by atoms with Crippen molar-refractivity contribution in [2.45, 2.75) is 25.4 Å². The van der Waals surface area contributed by atoms with Gasteiger partial charge in [0.15, 0.2) is 0 Å². The van der Waals surface area contributed by atoms with Crippen LogP contribution >= 0.6 is 0 Å². The Hall–Kier alpha value is -3.58. The van der Waals surface area contributed by atoms with E-state index in [4.69, 9.17) is 4.74 Å². The van der Waals surface area contributed by atoms with Gasteiger partial charge in [-0.3, -0.25) is 9.78 Å². The molecule has 1 aliphatic heterocycles. The first kappa shape index (κ1) is 21.3. The summed E-state index contributed by atoms with van der Waals surface area (Å²) in [5, 5.41) is 0. The largest absolute Gasteiger partial charge is 0.368 e. The summed E-state index contributed by atoms with van der Waals surface area (Å²) in [6, 6.07) is 18.5. The van der Waals surface area contributed by atoms with Crippen molar-refractivity contribution in [1.82, 2.24) is 19.9 Å². The third-order valence-corrected chi connectivity index (χ3v) is 5.96. The average Bonchev–Trinajstić information content (AvgIpc) is 3.28. The molecule has 0 radical (unpaired) electrons. The van der Waals surface area contributed by atoms with Gasteiger partial charge in [-0.2, -0.15) is 0 Å². The number of carbonyl (C=O) groups excluding carboxylic acids is 1. The lowest BCUT2D eigenvalue weighted by Crippen LogP contribution is -2.42. The summed E-state index contributed by atoms with van der Waals surface area (Å²) in [5.41, 5.74) is 4.24. The van der Waals surface area contributed by atoms with Crippen LogP contribution in [0.25, 0.3) is 11.0 Å². The number of halogens is 1. The summed E-state index contributed by atoms with van der Waals surface area (Å²) in [6.45, 7) is 1.51. The summed E-state index contributed by atoms with van der Waals surface area (Å²) < 4.78 is 19.8. The fourth-order valence-electron chi connectivity index (χ4n) is 4.15. The molecule has 3 heterocycles. The molecule has 1 amide bonds. The lowest BCUT2D eigenvalue weighted by molar-refractivity contribution is -0.139. The maximum atomic E-state index is 13.9. The van der Waals surface area contributed by atoms with E-state index in [-0.39, 0.29) is 17.8 Å².